The minimum atomic E-state index is -3.75. The van der Waals surface area contributed by atoms with Gasteiger partial charge < -0.3 is 4.74 Å². The first-order valence-electron chi connectivity index (χ1n) is 5.51. The summed E-state index contributed by atoms with van der Waals surface area (Å²) in [6.07, 6.45) is -0.541. The van der Waals surface area contributed by atoms with Crippen molar-refractivity contribution >= 4 is 33.2 Å². The van der Waals surface area contributed by atoms with Crippen molar-refractivity contribution in [3.8, 4) is 0 Å². The van der Waals surface area contributed by atoms with Crippen LogP contribution in [0.15, 0.2) is 29.2 Å². The number of carbonyl (C=O) groups excluding carboxylic acids is 2. The van der Waals surface area contributed by atoms with E-state index in [9.17, 15) is 18.0 Å². The maximum atomic E-state index is 11.9. The van der Waals surface area contributed by atoms with Gasteiger partial charge >= 0.3 is 5.97 Å². The number of hydrogen-bond acceptors (Lipinski definition) is 5. The predicted molar refractivity (Wildman–Crippen MR) is 69.8 cm³/mol. The molecule has 1 aromatic carbocycles. The maximum Gasteiger partial charge on any atom is 0.313 e. The molecule has 0 N–H and O–H groups in total. The molecule has 0 aliphatic rings. The van der Waals surface area contributed by atoms with Gasteiger partial charge in [-0.25, -0.2) is 8.42 Å². The zero-order chi connectivity index (χ0) is 14.5. The van der Waals surface area contributed by atoms with Crippen LogP contribution in [0.5, 0.6) is 0 Å². The van der Waals surface area contributed by atoms with Crippen LogP contribution in [-0.4, -0.2) is 32.5 Å². The zero-order valence-corrected chi connectivity index (χ0v) is 11.8. The van der Waals surface area contributed by atoms with Crippen LogP contribution in [0, 0.1) is 0 Å². The van der Waals surface area contributed by atoms with E-state index in [2.05, 4.69) is 4.74 Å². The first-order valence-corrected chi connectivity index (χ1v) is 7.54. The molecular formula is C12H13ClO5S. The third kappa shape index (κ3) is 5.00. The molecule has 0 saturated carbocycles. The summed E-state index contributed by atoms with van der Waals surface area (Å²) in [6, 6.07) is 5.47. The lowest BCUT2D eigenvalue weighted by Gasteiger charge is -2.04. The average molecular weight is 305 g/mol. The van der Waals surface area contributed by atoms with Crippen LogP contribution in [0.25, 0.3) is 0 Å². The van der Waals surface area contributed by atoms with Crippen molar-refractivity contribution in [1.29, 1.82) is 0 Å². The van der Waals surface area contributed by atoms with E-state index in [4.69, 9.17) is 11.6 Å². The molecule has 0 aliphatic carbocycles. The van der Waals surface area contributed by atoms with E-state index in [-0.39, 0.29) is 11.5 Å². The summed E-state index contributed by atoms with van der Waals surface area (Å²) in [7, 11) is -3.75. The molecule has 0 bridgehead atoms. The van der Waals surface area contributed by atoms with Gasteiger partial charge in [-0.05, 0) is 31.2 Å². The molecule has 0 atom stereocenters. The molecule has 0 spiro atoms. The number of hydrogen-bond donors (Lipinski definition) is 0. The second kappa shape index (κ2) is 6.68. The quantitative estimate of drug-likeness (QED) is 0.590. The second-order valence-electron chi connectivity index (χ2n) is 3.73. The predicted octanol–water partition coefficient (Wildman–Crippen LogP) is 1.64. The van der Waals surface area contributed by atoms with Gasteiger partial charge in [-0.3, -0.25) is 9.59 Å². The molecule has 0 amide bonds. The van der Waals surface area contributed by atoms with Crippen molar-refractivity contribution < 1.29 is 22.7 Å². The minimum absolute atomic E-state index is 0.00545. The van der Waals surface area contributed by atoms with Crippen LogP contribution >= 0.6 is 11.6 Å². The van der Waals surface area contributed by atoms with E-state index < -0.39 is 33.8 Å². The number of esters is 1. The Morgan fingerprint density at radius 2 is 1.79 bits per heavy atom. The van der Waals surface area contributed by atoms with Gasteiger partial charge in [0.1, 0.15) is 12.2 Å². The monoisotopic (exact) mass is 304 g/mol. The molecule has 5 nitrogen and oxygen atoms in total. The van der Waals surface area contributed by atoms with Crippen LogP contribution in [0.2, 0.25) is 5.02 Å². The summed E-state index contributed by atoms with van der Waals surface area (Å²) < 4.78 is 28.3. The Bertz CT molecular complexity index is 562. The SMILES string of the molecule is CCOC(=O)CC(=O)CS(=O)(=O)c1ccc(Cl)cc1. The fraction of sp³-hybridized carbons (Fsp3) is 0.333. The number of rotatable bonds is 6. The Hall–Kier alpha value is -1.40. The highest BCUT2D eigenvalue weighted by Crippen LogP contribution is 2.15. The summed E-state index contributed by atoms with van der Waals surface area (Å²) in [6.45, 7) is 1.75. The van der Waals surface area contributed by atoms with Gasteiger partial charge in [0, 0.05) is 5.02 Å². The molecule has 1 rings (SSSR count). The third-order valence-corrected chi connectivity index (χ3v) is 4.11. The summed E-state index contributed by atoms with van der Waals surface area (Å²) in [5.41, 5.74) is 0. The molecule has 19 heavy (non-hydrogen) atoms. The fourth-order valence-corrected chi connectivity index (χ4v) is 2.73. The molecule has 104 valence electrons. The number of ether oxygens (including phenoxy) is 1. The van der Waals surface area contributed by atoms with Crippen LogP contribution in [0.4, 0.5) is 0 Å². The van der Waals surface area contributed by atoms with E-state index in [0.717, 1.165) is 0 Å². The molecule has 1 aromatic rings. The van der Waals surface area contributed by atoms with Gasteiger partial charge in [0.25, 0.3) is 0 Å². The van der Waals surface area contributed by atoms with Crippen molar-refractivity contribution in [2.45, 2.75) is 18.2 Å². The lowest BCUT2D eigenvalue weighted by Crippen LogP contribution is -2.20. The Labute approximate surface area is 116 Å². The maximum absolute atomic E-state index is 11.9. The smallest absolute Gasteiger partial charge is 0.313 e. The van der Waals surface area contributed by atoms with Gasteiger partial charge in [0.15, 0.2) is 15.6 Å². The fourth-order valence-electron chi connectivity index (χ4n) is 1.36. The lowest BCUT2D eigenvalue weighted by molar-refractivity contribution is -0.145. The Balaban J connectivity index is 2.72. The summed E-state index contributed by atoms with van der Waals surface area (Å²) in [5.74, 6) is -2.15. The lowest BCUT2D eigenvalue weighted by atomic mass is 10.3. The Kier molecular flexibility index (Phi) is 5.50. The van der Waals surface area contributed by atoms with Crippen molar-refractivity contribution in [3.05, 3.63) is 29.3 Å². The number of ketones is 1. The number of carbonyl (C=O) groups is 2. The molecule has 0 aliphatic heterocycles. The van der Waals surface area contributed by atoms with E-state index in [1.54, 1.807) is 6.92 Å². The molecule has 0 radical (unpaired) electrons. The zero-order valence-electron chi connectivity index (χ0n) is 10.3. The Morgan fingerprint density at radius 1 is 1.21 bits per heavy atom. The number of Topliss-reactive ketones (excluding diaryl/α,β-unsaturated/α-hetero) is 1. The number of sulfone groups is 1. The highest BCUT2D eigenvalue weighted by atomic mass is 35.5. The molecule has 0 unspecified atom stereocenters. The molecule has 0 saturated heterocycles. The standard InChI is InChI=1S/C12H13ClO5S/c1-2-18-12(15)7-10(14)8-19(16,17)11-5-3-9(13)4-6-11/h3-6H,2,7-8H2,1H3. The highest BCUT2D eigenvalue weighted by molar-refractivity contribution is 7.92. The van der Waals surface area contributed by atoms with E-state index in [0.29, 0.717) is 5.02 Å². The van der Waals surface area contributed by atoms with Crippen molar-refractivity contribution in [2.24, 2.45) is 0 Å². The van der Waals surface area contributed by atoms with Crippen molar-refractivity contribution in [1.82, 2.24) is 0 Å². The normalized spacial score (nSPS) is 11.1. The third-order valence-electron chi connectivity index (χ3n) is 2.17. The van der Waals surface area contributed by atoms with Crippen LogP contribution in [-0.2, 0) is 24.2 Å². The van der Waals surface area contributed by atoms with Crippen molar-refractivity contribution in [3.63, 3.8) is 0 Å². The number of benzene rings is 1. The topological polar surface area (TPSA) is 77.5 Å². The van der Waals surface area contributed by atoms with Crippen LogP contribution < -0.4 is 0 Å². The average Bonchev–Trinajstić information content (AvgIpc) is 2.28. The van der Waals surface area contributed by atoms with Gasteiger partial charge in [-0.15, -0.1) is 0 Å². The molecule has 0 heterocycles. The highest BCUT2D eigenvalue weighted by Gasteiger charge is 2.21. The van der Waals surface area contributed by atoms with Crippen LogP contribution in [0.3, 0.4) is 0 Å². The van der Waals surface area contributed by atoms with E-state index in [1.807, 2.05) is 0 Å². The second-order valence-corrected chi connectivity index (χ2v) is 6.16. The Morgan fingerprint density at radius 3 is 2.32 bits per heavy atom. The van der Waals surface area contributed by atoms with Gasteiger partial charge in [-0.2, -0.15) is 0 Å². The molecule has 7 heteroatoms. The first kappa shape index (κ1) is 15.7. The minimum Gasteiger partial charge on any atom is -0.466 e. The van der Waals surface area contributed by atoms with E-state index >= 15 is 0 Å². The molecule has 0 aromatic heterocycles. The van der Waals surface area contributed by atoms with Gasteiger partial charge in [-0.1, -0.05) is 11.6 Å². The van der Waals surface area contributed by atoms with E-state index in [1.165, 1.54) is 24.3 Å². The molecular weight excluding hydrogens is 292 g/mol. The van der Waals surface area contributed by atoms with Gasteiger partial charge in [0.05, 0.1) is 11.5 Å². The largest absolute Gasteiger partial charge is 0.466 e. The first-order chi connectivity index (χ1) is 8.85. The number of halogens is 1. The summed E-state index contributed by atoms with van der Waals surface area (Å²) in [4.78, 5) is 22.5. The van der Waals surface area contributed by atoms with Crippen LogP contribution in [0.1, 0.15) is 13.3 Å². The summed E-state index contributed by atoms with van der Waals surface area (Å²) >= 11 is 5.65. The van der Waals surface area contributed by atoms with Crippen molar-refractivity contribution in [2.75, 3.05) is 12.4 Å². The van der Waals surface area contributed by atoms with Gasteiger partial charge in [0.2, 0.25) is 0 Å². The molecule has 0 fully saturated rings. The summed E-state index contributed by atoms with van der Waals surface area (Å²) in [5, 5.41) is 0.400.